The van der Waals surface area contributed by atoms with Gasteiger partial charge in [0, 0.05) is 49.3 Å². The van der Waals surface area contributed by atoms with Crippen molar-refractivity contribution in [1.82, 2.24) is 9.80 Å². The zero-order chi connectivity index (χ0) is 16.8. The normalized spacial score (nSPS) is 16.4. The molecule has 2 aromatic carbocycles. The Hall–Kier alpha value is -1.06. The van der Waals surface area contributed by atoms with Crippen LogP contribution in [0.2, 0.25) is 10.0 Å². The highest BCUT2D eigenvalue weighted by Gasteiger charge is 2.16. The molecule has 0 radical (unpaired) electrons. The molecule has 1 saturated heterocycles. The van der Waals surface area contributed by atoms with Crippen LogP contribution in [0.15, 0.2) is 48.5 Å². The minimum atomic E-state index is 0.885. The fourth-order valence-electron chi connectivity index (χ4n) is 3.20. The Morgan fingerprint density at radius 1 is 0.625 bits per heavy atom. The van der Waals surface area contributed by atoms with Crippen molar-refractivity contribution >= 4 is 23.2 Å². The van der Waals surface area contributed by atoms with Crippen LogP contribution in [0.3, 0.4) is 0 Å². The van der Waals surface area contributed by atoms with E-state index in [0.717, 1.165) is 62.2 Å². The molecule has 1 aliphatic heterocycles. The summed E-state index contributed by atoms with van der Waals surface area (Å²) in [6.07, 6.45) is 2.05. The van der Waals surface area contributed by atoms with Crippen molar-refractivity contribution in [2.45, 2.75) is 12.8 Å². The third kappa shape index (κ3) is 4.97. The van der Waals surface area contributed by atoms with E-state index in [2.05, 4.69) is 34.1 Å². The van der Waals surface area contributed by atoms with Crippen molar-refractivity contribution in [3.8, 4) is 0 Å². The van der Waals surface area contributed by atoms with Gasteiger partial charge in [0.1, 0.15) is 0 Å². The lowest BCUT2D eigenvalue weighted by atomic mass is 10.1. The second-order valence-corrected chi connectivity index (χ2v) is 7.18. The van der Waals surface area contributed by atoms with Crippen LogP contribution in [0.4, 0.5) is 0 Å². The smallest absolute Gasteiger partial charge is 0.0438 e. The van der Waals surface area contributed by atoms with Crippen molar-refractivity contribution in [2.75, 3.05) is 39.3 Å². The highest BCUT2D eigenvalue weighted by molar-refractivity contribution is 6.31. The van der Waals surface area contributed by atoms with Crippen LogP contribution >= 0.6 is 23.2 Å². The molecule has 2 aromatic rings. The number of halogens is 2. The Kier molecular flexibility index (Phi) is 6.56. The summed E-state index contributed by atoms with van der Waals surface area (Å²) < 4.78 is 0. The number of hydrogen-bond acceptors (Lipinski definition) is 2. The van der Waals surface area contributed by atoms with Gasteiger partial charge in [-0.05, 0) is 36.1 Å². The molecule has 0 bridgehead atoms. The predicted molar refractivity (Wildman–Crippen MR) is 103 cm³/mol. The summed E-state index contributed by atoms with van der Waals surface area (Å²) in [7, 11) is 0. The summed E-state index contributed by atoms with van der Waals surface area (Å²) in [6.45, 7) is 6.70. The molecule has 0 aliphatic carbocycles. The summed E-state index contributed by atoms with van der Waals surface area (Å²) in [5.41, 5.74) is 2.50. The van der Waals surface area contributed by atoms with Gasteiger partial charge in [-0.15, -0.1) is 0 Å². The molecule has 3 rings (SSSR count). The lowest BCUT2D eigenvalue weighted by Crippen LogP contribution is -2.47. The van der Waals surface area contributed by atoms with Gasteiger partial charge in [-0.2, -0.15) is 0 Å². The van der Waals surface area contributed by atoms with E-state index < -0.39 is 0 Å². The van der Waals surface area contributed by atoms with E-state index in [1.165, 1.54) is 11.1 Å². The van der Waals surface area contributed by atoms with Crippen molar-refractivity contribution in [3.63, 3.8) is 0 Å². The molecule has 0 aromatic heterocycles. The van der Waals surface area contributed by atoms with Gasteiger partial charge in [0.25, 0.3) is 0 Å². The van der Waals surface area contributed by atoms with Crippen LogP contribution in [-0.4, -0.2) is 49.1 Å². The van der Waals surface area contributed by atoms with Crippen molar-refractivity contribution in [1.29, 1.82) is 0 Å². The summed E-state index contributed by atoms with van der Waals surface area (Å²) in [5.74, 6) is 0. The number of benzene rings is 2. The molecule has 0 amide bonds. The van der Waals surface area contributed by atoms with Crippen LogP contribution < -0.4 is 0 Å². The standard InChI is InChI=1S/C20H24Cl2N2/c21-19-7-3-1-5-17(19)9-11-23-13-15-24(16-14-23)12-10-18-6-2-4-8-20(18)22/h1-8H,9-16H2. The molecule has 0 saturated carbocycles. The van der Waals surface area contributed by atoms with Gasteiger partial charge >= 0.3 is 0 Å². The van der Waals surface area contributed by atoms with Gasteiger partial charge in [-0.1, -0.05) is 59.6 Å². The number of hydrogen-bond donors (Lipinski definition) is 0. The third-order valence-corrected chi connectivity index (χ3v) is 5.51. The van der Waals surface area contributed by atoms with Crippen molar-refractivity contribution in [3.05, 3.63) is 69.7 Å². The first-order valence-corrected chi connectivity index (χ1v) is 9.39. The zero-order valence-electron chi connectivity index (χ0n) is 13.9. The first-order chi connectivity index (χ1) is 11.7. The van der Waals surface area contributed by atoms with Crippen LogP contribution in [0.5, 0.6) is 0 Å². The lowest BCUT2D eigenvalue weighted by molar-refractivity contribution is 0.134. The molecule has 0 unspecified atom stereocenters. The molecule has 1 aliphatic rings. The van der Waals surface area contributed by atoms with E-state index in [9.17, 15) is 0 Å². The molecule has 1 heterocycles. The van der Waals surface area contributed by atoms with Gasteiger partial charge in [0.05, 0.1) is 0 Å². The molecule has 1 fully saturated rings. The predicted octanol–water partition coefficient (Wildman–Crippen LogP) is 4.40. The second kappa shape index (κ2) is 8.87. The number of piperazine rings is 1. The molecule has 0 atom stereocenters. The zero-order valence-corrected chi connectivity index (χ0v) is 15.4. The maximum Gasteiger partial charge on any atom is 0.0438 e. The Morgan fingerprint density at radius 3 is 1.38 bits per heavy atom. The molecular formula is C20H24Cl2N2. The maximum absolute atomic E-state index is 6.24. The van der Waals surface area contributed by atoms with E-state index in [0.29, 0.717) is 0 Å². The summed E-state index contributed by atoms with van der Waals surface area (Å²) in [5, 5.41) is 1.77. The van der Waals surface area contributed by atoms with E-state index in [1.54, 1.807) is 0 Å². The molecule has 2 nitrogen and oxygen atoms in total. The minimum absolute atomic E-state index is 0.885. The molecule has 128 valence electrons. The Balaban J connectivity index is 1.40. The fourth-order valence-corrected chi connectivity index (χ4v) is 3.66. The van der Waals surface area contributed by atoms with Gasteiger partial charge in [-0.25, -0.2) is 0 Å². The van der Waals surface area contributed by atoms with Crippen molar-refractivity contribution < 1.29 is 0 Å². The second-order valence-electron chi connectivity index (χ2n) is 6.37. The van der Waals surface area contributed by atoms with Crippen LogP contribution in [0.25, 0.3) is 0 Å². The first kappa shape index (κ1) is 17.8. The van der Waals surface area contributed by atoms with Crippen LogP contribution in [-0.2, 0) is 12.8 Å². The topological polar surface area (TPSA) is 6.48 Å². The molecule has 4 heteroatoms. The molecular weight excluding hydrogens is 339 g/mol. The number of rotatable bonds is 6. The average Bonchev–Trinajstić information content (AvgIpc) is 2.61. The molecule has 0 spiro atoms. The lowest BCUT2D eigenvalue weighted by Gasteiger charge is -2.34. The van der Waals surface area contributed by atoms with E-state index in [-0.39, 0.29) is 0 Å². The SMILES string of the molecule is Clc1ccccc1CCN1CCN(CCc2ccccc2Cl)CC1. The Labute approximate surface area is 155 Å². The minimum Gasteiger partial charge on any atom is -0.300 e. The monoisotopic (exact) mass is 362 g/mol. The van der Waals surface area contributed by atoms with E-state index in [4.69, 9.17) is 23.2 Å². The van der Waals surface area contributed by atoms with E-state index >= 15 is 0 Å². The summed E-state index contributed by atoms with van der Waals surface area (Å²) in [6, 6.07) is 16.3. The summed E-state index contributed by atoms with van der Waals surface area (Å²) in [4.78, 5) is 5.07. The third-order valence-electron chi connectivity index (χ3n) is 4.78. The Morgan fingerprint density at radius 2 is 1.00 bits per heavy atom. The van der Waals surface area contributed by atoms with E-state index in [1.807, 2.05) is 24.3 Å². The number of nitrogens with zero attached hydrogens (tertiary/aromatic N) is 2. The largest absolute Gasteiger partial charge is 0.300 e. The van der Waals surface area contributed by atoms with Gasteiger partial charge < -0.3 is 9.80 Å². The molecule has 0 N–H and O–H groups in total. The Bertz CT molecular complexity index is 594. The van der Waals surface area contributed by atoms with Gasteiger partial charge in [0.2, 0.25) is 0 Å². The fraction of sp³-hybridized carbons (Fsp3) is 0.400. The highest BCUT2D eigenvalue weighted by atomic mass is 35.5. The maximum atomic E-state index is 6.24. The van der Waals surface area contributed by atoms with Gasteiger partial charge in [0.15, 0.2) is 0 Å². The van der Waals surface area contributed by atoms with Crippen LogP contribution in [0.1, 0.15) is 11.1 Å². The highest BCUT2D eigenvalue weighted by Crippen LogP contribution is 2.17. The van der Waals surface area contributed by atoms with Crippen LogP contribution in [0, 0.1) is 0 Å². The quantitative estimate of drug-likeness (QED) is 0.751. The summed E-state index contributed by atoms with van der Waals surface area (Å²) >= 11 is 12.5. The van der Waals surface area contributed by atoms with Gasteiger partial charge in [-0.3, -0.25) is 0 Å². The van der Waals surface area contributed by atoms with Crippen molar-refractivity contribution in [2.24, 2.45) is 0 Å². The first-order valence-electron chi connectivity index (χ1n) is 8.64. The molecule has 24 heavy (non-hydrogen) atoms. The average molecular weight is 363 g/mol.